The molecule has 0 saturated heterocycles. The Morgan fingerprint density at radius 3 is 2.62 bits per heavy atom. The molecule has 0 fully saturated rings. The second-order valence-electron chi connectivity index (χ2n) is 7.04. The molecular weight excluding hydrogens is 329 g/mol. The standard InChI is InChI=1S/C21H24FN3O/c1-6-13-7-8-23-11-17(13)15-9-14(12(2)3)19(22)20-16(15)10-18(24-20)21(26)25(4)5/h7-12,24H,6H2,1-5H3. The molecule has 3 rings (SSSR count). The normalized spacial score (nSPS) is 11.3. The molecule has 0 aliphatic carbocycles. The molecule has 1 amide bonds. The minimum absolute atomic E-state index is 0.0243. The molecule has 0 radical (unpaired) electrons. The van der Waals surface area contributed by atoms with Crippen molar-refractivity contribution >= 4 is 16.8 Å². The summed E-state index contributed by atoms with van der Waals surface area (Å²) in [4.78, 5) is 21.1. The summed E-state index contributed by atoms with van der Waals surface area (Å²) in [5.74, 6) is -0.450. The maximum Gasteiger partial charge on any atom is 0.269 e. The van der Waals surface area contributed by atoms with Crippen LogP contribution >= 0.6 is 0 Å². The van der Waals surface area contributed by atoms with E-state index in [4.69, 9.17) is 0 Å². The van der Waals surface area contributed by atoms with Crippen molar-refractivity contribution in [3.05, 3.63) is 53.2 Å². The molecule has 3 aromatic rings. The molecule has 4 nitrogen and oxygen atoms in total. The second kappa shape index (κ2) is 6.90. The lowest BCUT2D eigenvalue weighted by molar-refractivity contribution is 0.0823. The predicted molar refractivity (Wildman–Crippen MR) is 103 cm³/mol. The van der Waals surface area contributed by atoms with Gasteiger partial charge in [-0.1, -0.05) is 20.8 Å². The quantitative estimate of drug-likeness (QED) is 0.735. The van der Waals surface area contributed by atoms with Gasteiger partial charge in [-0.15, -0.1) is 0 Å². The number of aryl methyl sites for hydroxylation is 1. The molecule has 0 saturated carbocycles. The maximum absolute atomic E-state index is 15.1. The average molecular weight is 353 g/mol. The van der Waals surface area contributed by atoms with Crippen LogP contribution in [0.15, 0.2) is 30.6 Å². The fourth-order valence-corrected chi connectivity index (χ4v) is 3.25. The van der Waals surface area contributed by atoms with E-state index in [0.717, 1.165) is 23.1 Å². The van der Waals surface area contributed by atoms with E-state index in [1.165, 1.54) is 4.90 Å². The lowest BCUT2D eigenvalue weighted by Crippen LogP contribution is -2.21. The van der Waals surface area contributed by atoms with E-state index in [2.05, 4.69) is 16.9 Å². The molecule has 0 bridgehead atoms. The Morgan fingerprint density at radius 1 is 1.27 bits per heavy atom. The first-order valence-corrected chi connectivity index (χ1v) is 8.85. The van der Waals surface area contributed by atoms with Crippen molar-refractivity contribution in [2.75, 3.05) is 14.1 Å². The topological polar surface area (TPSA) is 49.0 Å². The Labute approximate surface area is 153 Å². The first-order chi connectivity index (χ1) is 12.3. The number of benzene rings is 1. The van der Waals surface area contributed by atoms with Gasteiger partial charge in [-0.25, -0.2) is 4.39 Å². The zero-order valence-corrected chi connectivity index (χ0v) is 15.9. The van der Waals surface area contributed by atoms with E-state index >= 15 is 4.39 Å². The fraction of sp³-hybridized carbons (Fsp3) is 0.333. The van der Waals surface area contributed by atoms with Gasteiger partial charge in [0.2, 0.25) is 0 Å². The van der Waals surface area contributed by atoms with Gasteiger partial charge in [0.15, 0.2) is 5.82 Å². The van der Waals surface area contributed by atoms with E-state index in [-0.39, 0.29) is 17.6 Å². The molecule has 26 heavy (non-hydrogen) atoms. The summed E-state index contributed by atoms with van der Waals surface area (Å²) in [6.45, 7) is 6.01. The highest BCUT2D eigenvalue weighted by molar-refractivity contribution is 6.03. The number of hydrogen-bond acceptors (Lipinski definition) is 2. The Bertz CT molecular complexity index is 973. The molecule has 136 valence electrons. The van der Waals surface area contributed by atoms with Gasteiger partial charge in [-0.2, -0.15) is 0 Å². The third-order valence-electron chi connectivity index (χ3n) is 4.72. The number of nitrogens with one attached hydrogen (secondary N) is 1. The lowest BCUT2D eigenvalue weighted by Gasteiger charge is -2.14. The Kier molecular flexibility index (Phi) is 4.81. The number of rotatable bonds is 4. The number of halogens is 1. The third-order valence-corrected chi connectivity index (χ3v) is 4.72. The zero-order chi connectivity index (χ0) is 19.0. The summed E-state index contributed by atoms with van der Waals surface area (Å²) in [6.07, 6.45) is 4.43. The zero-order valence-electron chi connectivity index (χ0n) is 15.9. The second-order valence-corrected chi connectivity index (χ2v) is 7.04. The average Bonchev–Trinajstić information content (AvgIpc) is 3.07. The van der Waals surface area contributed by atoms with E-state index in [9.17, 15) is 4.79 Å². The van der Waals surface area contributed by atoms with Crippen LogP contribution in [0.25, 0.3) is 22.0 Å². The number of pyridine rings is 1. The van der Waals surface area contributed by atoms with Crippen LogP contribution in [-0.4, -0.2) is 34.9 Å². The molecule has 1 N–H and O–H groups in total. The van der Waals surface area contributed by atoms with Gasteiger partial charge in [-0.05, 0) is 47.2 Å². The minimum Gasteiger partial charge on any atom is -0.348 e. The lowest BCUT2D eigenvalue weighted by atomic mass is 9.92. The van der Waals surface area contributed by atoms with Crippen molar-refractivity contribution < 1.29 is 9.18 Å². The van der Waals surface area contributed by atoms with Crippen LogP contribution in [0.5, 0.6) is 0 Å². The Morgan fingerprint density at radius 2 is 2.00 bits per heavy atom. The van der Waals surface area contributed by atoms with Crippen LogP contribution in [-0.2, 0) is 6.42 Å². The third kappa shape index (κ3) is 2.98. The van der Waals surface area contributed by atoms with E-state index in [0.29, 0.717) is 22.2 Å². The van der Waals surface area contributed by atoms with Gasteiger partial charge in [0.1, 0.15) is 5.69 Å². The first kappa shape index (κ1) is 18.1. The van der Waals surface area contributed by atoms with Gasteiger partial charge in [0, 0.05) is 37.4 Å². The molecule has 2 heterocycles. The van der Waals surface area contributed by atoms with Crippen molar-refractivity contribution in [3.8, 4) is 11.1 Å². The van der Waals surface area contributed by atoms with E-state index in [1.54, 1.807) is 26.4 Å². The maximum atomic E-state index is 15.1. The molecule has 5 heteroatoms. The molecule has 1 aromatic carbocycles. The number of nitrogens with zero attached hydrogens (tertiary/aromatic N) is 2. The van der Waals surface area contributed by atoms with Crippen molar-refractivity contribution in [3.63, 3.8) is 0 Å². The fourth-order valence-electron chi connectivity index (χ4n) is 3.25. The smallest absolute Gasteiger partial charge is 0.269 e. The number of aromatic nitrogens is 2. The summed E-state index contributed by atoms with van der Waals surface area (Å²) in [5, 5.41) is 0.708. The van der Waals surface area contributed by atoms with Crippen molar-refractivity contribution in [1.29, 1.82) is 0 Å². The van der Waals surface area contributed by atoms with Crippen LogP contribution in [0, 0.1) is 5.82 Å². The number of fused-ring (bicyclic) bond motifs is 1. The Balaban J connectivity index is 2.37. The molecule has 2 aromatic heterocycles. The number of H-pyrrole nitrogens is 1. The van der Waals surface area contributed by atoms with Gasteiger partial charge >= 0.3 is 0 Å². The van der Waals surface area contributed by atoms with Gasteiger partial charge in [-0.3, -0.25) is 9.78 Å². The highest BCUT2D eigenvalue weighted by atomic mass is 19.1. The highest BCUT2D eigenvalue weighted by Gasteiger charge is 2.21. The van der Waals surface area contributed by atoms with Crippen molar-refractivity contribution in [1.82, 2.24) is 14.9 Å². The summed E-state index contributed by atoms with van der Waals surface area (Å²) in [7, 11) is 3.36. The summed E-state index contributed by atoms with van der Waals surface area (Å²) in [5.41, 5.74) is 4.41. The summed E-state index contributed by atoms with van der Waals surface area (Å²) >= 11 is 0. The molecule has 0 atom stereocenters. The summed E-state index contributed by atoms with van der Waals surface area (Å²) in [6, 6.07) is 5.63. The van der Waals surface area contributed by atoms with Gasteiger partial charge in [0.05, 0.1) is 5.52 Å². The number of aromatic amines is 1. The van der Waals surface area contributed by atoms with Crippen LogP contribution < -0.4 is 0 Å². The first-order valence-electron chi connectivity index (χ1n) is 8.85. The van der Waals surface area contributed by atoms with Gasteiger partial charge in [0.25, 0.3) is 5.91 Å². The molecular formula is C21H24FN3O. The van der Waals surface area contributed by atoms with Crippen LogP contribution in [0.1, 0.15) is 48.3 Å². The van der Waals surface area contributed by atoms with Gasteiger partial charge < -0.3 is 9.88 Å². The predicted octanol–water partition coefficient (Wildman–Crippen LogP) is 4.76. The van der Waals surface area contributed by atoms with Crippen LogP contribution in [0.4, 0.5) is 4.39 Å². The SMILES string of the molecule is CCc1ccncc1-c1cc(C(C)C)c(F)c2[nH]c(C(=O)N(C)C)cc12. The number of amides is 1. The molecule has 0 aliphatic rings. The number of carbonyl (C=O) groups excluding carboxylic acids is 1. The van der Waals surface area contributed by atoms with E-state index in [1.807, 2.05) is 32.2 Å². The van der Waals surface area contributed by atoms with Crippen molar-refractivity contribution in [2.24, 2.45) is 0 Å². The highest BCUT2D eigenvalue weighted by Crippen LogP contribution is 2.37. The minimum atomic E-state index is -0.293. The summed E-state index contributed by atoms with van der Waals surface area (Å²) < 4.78 is 15.1. The van der Waals surface area contributed by atoms with Crippen LogP contribution in [0.2, 0.25) is 0 Å². The largest absolute Gasteiger partial charge is 0.348 e. The molecule has 0 spiro atoms. The molecule has 0 aliphatic heterocycles. The molecule has 0 unspecified atom stereocenters. The van der Waals surface area contributed by atoms with Crippen molar-refractivity contribution in [2.45, 2.75) is 33.1 Å². The van der Waals surface area contributed by atoms with Crippen LogP contribution in [0.3, 0.4) is 0 Å². The monoisotopic (exact) mass is 353 g/mol. The number of carbonyl (C=O) groups is 1. The Hall–Kier alpha value is -2.69. The van der Waals surface area contributed by atoms with E-state index < -0.39 is 0 Å². The number of hydrogen-bond donors (Lipinski definition) is 1.